The molecule has 116 valence electrons. The van der Waals surface area contributed by atoms with Gasteiger partial charge in [-0.05, 0) is 25.5 Å². The molecule has 1 heterocycles. The first-order valence-electron chi connectivity index (χ1n) is 7.07. The van der Waals surface area contributed by atoms with Gasteiger partial charge in [-0.15, -0.1) is 0 Å². The van der Waals surface area contributed by atoms with Crippen LogP contribution in [0.3, 0.4) is 0 Å². The van der Waals surface area contributed by atoms with Crippen molar-refractivity contribution in [1.29, 1.82) is 0 Å². The number of rotatable bonds is 7. The highest BCUT2D eigenvalue weighted by Gasteiger charge is 2.14. The molecule has 6 heteroatoms. The molecule has 1 aromatic heterocycles. The second-order valence-corrected chi connectivity index (χ2v) is 4.83. The lowest BCUT2D eigenvalue weighted by Gasteiger charge is -2.22. The molecule has 0 unspecified atom stereocenters. The van der Waals surface area contributed by atoms with Gasteiger partial charge in [-0.2, -0.15) is 0 Å². The Morgan fingerprint density at radius 3 is 2.43 bits per heavy atom. The standard InChI is InChI=1S/C15H23N3O3/c1-5-9-18(11-14(19)21-6-2)13-8-7-12(10-16-13)15(20)17(3)4/h7-8,10H,5-6,9,11H2,1-4H3. The van der Waals surface area contributed by atoms with Gasteiger partial charge in [-0.25, -0.2) is 4.98 Å². The molecule has 21 heavy (non-hydrogen) atoms. The second kappa shape index (κ2) is 8.24. The van der Waals surface area contributed by atoms with Gasteiger partial charge in [-0.3, -0.25) is 9.59 Å². The van der Waals surface area contributed by atoms with Crippen molar-refractivity contribution in [2.24, 2.45) is 0 Å². The predicted octanol–water partition coefficient (Wildman–Crippen LogP) is 1.56. The minimum Gasteiger partial charge on any atom is -0.465 e. The fourth-order valence-corrected chi connectivity index (χ4v) is 1.86. The van der Waals surface area contributed by atoms with Gasteiger partial charge in [0.25, 0.3) is 5.91 Å². The van der Waals surface area contributed by atoms with Crippen molar-refractivity contribution >= 4 is 17.7 Å². The lowest BCUT2D eigenvalue weighted by atomic mass is 10.2. The lowest BCUT2D eigenvalue weighted by molar-refractivity contribution is -0.141. The van der Waals surface area contributed by atoms with E-state index in [4.69, 9.17) is 4.74 Å². The maximum atomic E-state index is 11.8. The van der Waals surface area contributed by atoms with Crippen molar-refractivity contribution in [2.75, 3.05) is 38.7 Å². The van der Waals surface area contributed by atoms with Gasteiger partial charge in [0.2, 0.25) is 0 Å². The Labute approximate surface area is 125 Å². The number of ether oxygens (including phenoxy) is 1. The third kappa shape index (κ3) is 5.06. The normalized spacial score (nSPS) is 10.1. The monoisotopic (exact) mass is 293 g/mol. The van der Waals surface area contributed by atoms with Crippen molar-refractivity contribution in [1.82, 2.24) is 9.88 Å². The summed E-state index contributed by atoms with van der Waals surface area (Å²) < 4.78 is 4.96. The van der Waals surface area contributed by atoms with Crippen LogP contribution >= 0.6 is 0 Å². The van der Waals surface area contributed by atoms with Crippen molar-refractivity contribution in [2.45, 2.75) is 20.3 Å². The molecule has 0 spiro atoms. The van der Waals surface area contributed by atoms with E-state index in [1.807, 2.05) is 11.8 Å². The molecule has 1 amide bonds. The van der Waals surface area contributed by atoms with Gasteiger partial charge in [0.15, 0.2) is 0 Å². The summed E-state index contributed by atoms with van der Waals surface area (Å²) in [6.45, 7) is 5.04. The van der Waals surface area contributed by atoms with E-state index in [1.165, 1.54) is 11.1 Å². The highest BCUT2D eigenvalue weighted by atomic mass is 16.5. The zero-order chi connectivity index (χ0) is 15.8. The van der Waals surface area contributed by atoms with E-state index in [0.29, 0.717) is 24.5 Å². The molecule has 0 fully saturated rings. The van der Waals surface area contributed by atoms with Crippen LogP contribution in [0.2, 0.25) is 0 Å². The number of pyridine rings is 1. The number of hydrogen-bond donors (Lipinski definition) is 0. The largest absolute Gasteiger partial charge is 0.465 e. The van der Waals surface area contributed by atoms with Gasteiger partial charge in [0.05, 0.1) is 12.2 Å². The summed E-state index contributed by atoms with van der Waals surface area (Å²) in [7, 11) is 3.39. The summed E-state index contributed by atoms with van der Waals surface area (Å²) in [5, 5.41) is 0. The van der Waals surface area contributed by atoms with Gasteiger partial charge in [0.1, 0.15) is 12.4 Å². The van der Waals surface area contributed by atoms with E-state index in [2.05, 4.69) is 4.98 Å². The van der Waals surface area contributed by atoms with Crippen molar-refractivity contribution in [3.05, 3.63) is 23.9 Å². The maximum Gasteiger partial charge on any atom is 0.325 e. The van der Waals surface area contributed by atoms with Gasteiger partial charge in [-0.1, -0.05) is 6.92 Å². The smallest absolute Gasteiger partial charge is 0.325 e. The molecule has 1 aromatic rings. The van der Waals surface area contributed by atoms with Crippen LogP contribution in [0.25, 0.3) is 0 Å². The third-order valence-corrected chi connectivity index (χ3v) is 2.84. The van der Waals surface area contributed by atoms with E-state index in [9.17, 15) is 9.59 Å². The van der Waals surface area contributed by atoms with Crippen LogP contribution in [0.5, 0.6) is 0 Å². The summed E-state index contributed by atoms with van der Waals surface area (Å²) in [6.07, 6.45) is 2.42. The van der Waals surface area contributed by atoms with Crippen LogP contribution in [-0.4, -0.2) is 55.6 Å². The van der Waals surface area contributed by atoms with E-state index in [-0.39, 0.29) is 18.4 Å². The lowest BCUT2D eigenvalue weighted by Crippen LogP contribution is -2.32. The Kier molecular flexibility index (Phi) is 6.65. The number of hydrogen-bond acceptors (Lipinski definition) is 5. The highest BCUT2D eigenvalue weighted by molar-refractivity contribution is 5.93. The first-order chi connectivity index (χ1) is 9.99. The van der Waals surface area contributed by atoms with E-state index < -0.39 is 0 Å². The van der Waals surface area contributed by atoms with Crippen molar-refractivity contribution in [3.8, 4) is 0 Å². The minimum absolute atomic E-state index is 0.0958. The first-order valence-corrected chi connectivity index (χ1v) is 7.07. The SMILES string of the molecule is CCCN(CC(=O)OCC)c1ccc(C(=O)N(C)C)cn1. The molecule has 0 atom stereocenters. The zero-order valence-corrected chi connectivity index (χ0v) is 13.1. The molecular weight excluding hydrogens is 270 g/mol. The molecule has 0 saturated carbocycles. The number of esters is 1. The van der Waals surface area contributed by atoms with Gasteiger partial charge in [0, 0.05) is 26.8 Å². The van der Waals surface area contributed by atoms with Crippen LogP contribution in [0.1, 0.15) is 30.6 Å². The first kappa shape index (κ1) is 16.9. The molecular formula is C15H23N3O3. The zero-order valence-electron chi connectivity index (χ0n) is 13.1. The molecule has 0 aromatic carbocycles. The second-order valence-electron chi connectivity index (χ2n) is 4.83. The molecule has 0 aliphatic carbocycles. The predicted molar refractivity (Wildman–Crippen MR) is 81.4 cm³/mol. The van der Waals surface area contributed by atoms with Crippen LogP contribution in [-0.2, 0) is 9.53 Å². The number of carbonyl (C=O) groups excluding carboxylic acids is 2. The highest BCUT2D eigenvalue weighted by Crippen LogP contribution is 2.13. The average molecular weight is 293 g/mol. The van der Waals surface area contributed by atoms with E-state index in [1.54, 1.807) is 33.2 Å². The Balaban J connectivity index is 2.84. The summed E-state index contributed by atoms with van der Waals surface area (Å²) in [5.74, 6) is 0.294. The van der Waals surface area contributed by atoms with Crippen LogP contribution in [0.4, 0.5) is 5.82 Å². The Morgan fingerprint density at radius 2 is 1.95 bits per heavy atom. The molecule has 0 N–H and O–H groups in total. The number of aromatic nitrogens is 1. The minimum atomic E-state index is -0.277. The Hall–Kier alpha value is -2.11. The number of amides is 1. The fraction of sp³-hybridized carbons (Fsp3) is 0.533. The Bertz CT molecular complexity index is 472. The maximum absolute atomic E-state index is 11.8. The van der Waals surface area contributed by atoms with Crippen LogP contribution < -0.4 is 4.90 Å². The summed E-state index contributed by atoms with van der Waals surface area (Å²) in [4.78, 5) is 31.1. The molecule has 0 aliphatic heterocycles. The van der Waals surface area contributed by atoms with Crippen LogP contribution in [0, 0.1) is 0 Å². The third-order valence-electron chi connectivity index (χ3n) is 2.84. The molecule has 0 bridgehead atoms. The molecule has 0 radical (unpaired) electrons. The number of nitrogens with zero attached hydrogens (tertiary/aromatic N) is 3. The number of anilines is 1. The Morgan fingerprint density at radius 1 is 1.24 bits per heavy atom. The van der Waals surface area contributed by atoms with Gasteiger partial charge >= 0.3 is 5.97 Å². The summed E-state index contributed by atoms with van der Waals surface area (Å²) in [5.41, 5.74) is 0.524. The summed E-state index contributed by atoms with van der Waals surface area (Å²) >= 11 is 0. The average Bonchev–Trinajstić information content (AvgIpc) is 2.46. The van der Waals surface area contributed by atoms with Crippen molar-refractivity contribution < 1.29 is 14.3 Å². The summed E-state index contributed by atoms with van der Waals surface area (Å²) in [6, 6.07) is 3.48. The van der Waals surface area contributed by atoms with E-state index in [0.717, 1.165) is 6.42 Å². The molecule has 0 saturated heterocycles. The molecule has 6 nitrogen and oxygen atoms in total. The topological polar surface area (TPSA) is 62.7 Å². The van der Waals surface area contributed by atoms with E-state index >= 15 is 0 Å². The quantitative estimate of drug-likeness (QED) is 0.714. The van der Waals surface area contributed by atoms with Gasteiger partial charge < -0.3 is 14.5 Å². The molecule has 0 aliphatic rings. The number of carbonyl (C=O) groups is 2. The molecule has 1 rings (SSSR count). The van der Waals surface area contributed by atoms with Crippen molar-refractivity contribution in [3.63, 3.8) is 0 Å². The van der Waals surface area contributed by atoms with Crippen LogP contribution in [0.15, 0.2) is 18.3 Å². The fourth-order valence-electron chi connectivity index (χ4n) is 1.86.